The zero-order valence-corrected chi connectivity index (χ0v) is 20.6. The number of nitrogens with zero attached hydrogens (tertiary/aromatic N) is 1. The second kappa shape index (κ2) is 9.40. The number of cyclic esters (lactones) is 1. The van der Waals surface area contributed by atoms with Gasteiger partial charge in [-0.05, 0) is 63.4 Å². The summed E-state index contributed by atoms with van der Waals surface area (Å²) in [5.41, 5.74) is -0.416. The summed E-state index contributed by atoms with van der Waals surface area (Å²) >= 11 is 0. The van der Waals surface area contributed by atoms with Gasteiger partial charge >= 0.3 is 12.2 Å². The summed E-state index contributed by atoms with van der Waals surface area (Å²) in [6.45, 7) is 6.93. The minimum Gasteiger partial charge on any atom is -0.444 e. The molecule has 36 heavy (non-hydrogen) atoms. The quantitative estimate of drug-likeness (QED) is 0.603. The molecule has 2 N–H and O–H groups in total. The van der Waals surface area contributed by atoms with Crippen LogP contribution in [-0.4, -0.2) is 42.9 Å². The van der Waals surface area contributed by atoms with Crippen LogP contribution in [0.15, 0.2) is 36.4 Å². The minimum absolute atomic E-state index is 0.161. The first-order chi connectivity index (χ1) is 16.9. The van der Waals surface area contributed by atoms with Gasteiger partial charge in [0, 0.05) is 18.1 Å². The molecule has 3 amide bonds. The lowest BCUT2D eigenvalue weighted by molar-refractivity contribution is -0.119. The van der Waals surface area contributed by atoms with Crippen LogP contribution >= 0.6 is 0 Å². The fourth-order valence-electron chi connectivity index (χ4n) is 4.16. The van der Waals surface area contributed by atoms with E-state index in [1.165, 1.54) is 30.0 Å². The van der Waals surface area contributed by atoms with Gasteiger partial charge < -0.3 is 20.1 Å². The molecular formula is C26H29F2N3O5. The van der Waals surface area contributed by atoms with E-state index in [1.807, 2.05) is 0 Å². The van der Waals surface area contributed by atoms with E-state index in [1.54, 1.807) is 39.0 Å². The molecule has 1 aliphatic heterocycles. The Labute approximate surface area is 207 Å². The normalized spacial score (nSPS) is 18.4. The van der Waals surface area contributed by atoms with Crippen molar-refractivity contribution in [2.24, 2.45) is 0 Å². The van der Waals surface area contributed by atoms with Crippen LogP contribution in [0, 0.1) is 11.6 Å². The molecule has 1 heterocycles. The molecule has 4 rings (SSSR count). The number of anilines is 1. The molecule has 0 spiro atoms. The molecule has 1 atom stereocenters. The zero-order chi connectivity index (χ0) is 26.3. The summed E-state index contributed by atoms with van der Waals surface area (Å²) < 4.78 is 40.7. The molecule has 2 fully saturated rings. The molecule has 0 bridgehead atoms. The van der Waals surface area contributed by atoms with Crippen molar-refractivity contribution >= 4 is 23.8 Å². The highest BCUT2D eigenvalue weighted by Gasteiger charge is 2.48. The molecule has 10 heteroatoms. The second-order valence-corrected chi connectivity index (χ2v) is 10.1. The van der Waals surface area contributed by atoms with E-state index in [-0.39, 0.29) is 24.6 Å². The molecule has 1 saturated carbocycles. The van der Waals surface area contributed by atoms with Crippen LogP contribution in [0.25, 0.3) is 11.1 Å². The first-order valence-corrected chi connectivity index (χ1v) is 11.7. The molecule has 1 unspecified atom stereocenters. The molecule has 1 aliphatic carbocycles. The van der Waals surface area contributed by atoms with E-state index >= 15 is 8.78 Å². The summed E-state index contributed by atoms with van der Waals surface area (Å²) in [4.78, 5) is 36.8. The van der Waals surface area contributed by atoms with Gasteiger partial charge in [-0.25, -0.2) is 18.4 Å². The predicted octanol–water partition coefficient (Wildman–Crippen LogP) is 4.61. The van der Waals surface area contributed by atoms with E-state index in [4.69, 9.17) is 9.47 Å². The number of carbonyl (C=O) groups is 3. The topological polar surface area (TPSA) is 97.0 Å². The Morgan fingerprint density at radius 2 is 1.86 bits per heavy atom. The first kappa shape index (κ1) is 25.4. The van der Waals surface area contributed by atoms with Crippen molar-refractivity contribution in [3.63, 3.8) is 0 Å². The Bertz CT molecular complexity index is 1210. The third-order valence-corrected chi connectivity index (χ3v) is 6.00. The fourth-order valence-corrected chi connectivity index (χ4v) is 4.16. The Kier molecular flexibility index (Phi) is 6.64. The number of carbonyl (C=O) groups excluding carboxylic acids is 3. The van der Waals surface area contributed by atoms with Crippen LogP contribution in [0.1, 0.15) is 46.1 Å². The standard InChI is InChI=1S/C26H29F2N3O5/c1-15(32)29-13-18-14-31(24(34)35-18)17-6-7-19(21(27)12-17)16-5-8-20(22(28)11-16)26(9-10-26)30-23(33)36-25(2,3)4/h5-8,11-12,18H,9-10,13-14H2,1-4H3,(H,29,32)(H,30,33). The van der Waals surface area contributed by atoms with Crippen molar-refractivity contribution < 1.29 is 32.6 Å². The maximum atomic E-state index is 15.1. The molecular weight excluding hydrogens is 472 g/mol. The van der Waals surface area contributed by atoms with Gasteiger partial charge in [-0.1, -0.05) is 12.1 Å². The van der Waals surface area contributed by atoms with Crippen LogP contribution in [0.3, 0.4) is 0 Å². The predicted molar refractivity (Wildman–Crippen MR) is 128 cm³/mol. The Balaban J connectivity index is 1.49. The highest BCUT2D eigenvalue weighted by molar-refractivity contribution is 5.90. The number of rotatable bonds is 6. The maximum absolute atomic E-state index is 15.1. The number of amides is 3. The fraction of sp³-hybridized carbons (Fsp3) is 0.423. The summed E-state index contributed by atoms with van der Waals surface area (Å²) in [7, 11) is 0. The summed E-state index contributed by atoms with van der Waals surface area (Å²) in [6, 6.07) is 8.60. The lowest BCUT2D eigenvalue weighted by Gasteiger charge is -2.24. The van der Waals surface area contributed by atoms with Gasteiger partial charge in [-0.2, -0.15) is 0 Å². The molecule has 2 aliphatic rings. The Morgan fingerprint density at radius 3 is 2.44 bits per heavy atom. The number of hydrogen-bond donors (Lipinski definition) is 2. The van der Waals surface area contributed by atoms with Crippen molar-refractivity contribution in [3.05, 3.63) is 53.6 Å². The van der Waals surface area contributed by atoms with Crippen molar-refractivity contribution in [1.82, 2.24) is 10.6 Å². The van der Waals surface area contributed by atoms with E-state index in [2.05, 4.69) is 10.6 Å². The number of benzene rings is 2. The smallest absolute Gasteiger partial charge is 0.414 e. The minimum atomic E-state index is -0.836. The van der Waals surface area contributed by atoms with Gasteiger partial charge in [0.05, 0.1) is 24.3 Å². The van der Waals surface area contributed by atoms with Gasteiger partial charge in [-0.15, -0.1) is 0 Å². The SMILES string of the molecule is CC(=O)NCC1CN(c2ccc(-c3ccc(C4(NC(=O)OC(C)(C)C)CC4)c(F)c3)c(F)c2)C(=O)O1. The van der Waals surface area contributed by atoms with Gasteiger partial charge in [0.15, 0.2) is 0 Å². The highest BCUT2D eigenvalue weighted by Crippen LogP contribution is 2.47. The van der Waals surface area contributed by atoms with E-state index in [9.17, 15) is 14.4 Å². The number of halogens is 2. The number of hydrogen-bond acceptors (Lipinski definition) is 5. The number of alkyl carbamates (subject to hydrolysis) is 1. The molecule has 2 aromatic rings. The summed E-state index contributed by atoms with van der Waals surface area (Å²) in [6.07, 6.45) is -0.666. The maximum Gasteiger partial charge on any atom is 0.414 e. The Hall–Kier alpha value is -3.69. The van der Waals surface area contributed by atoms with Crippen LogP contribution in [0.5, 0.6) is 0 Å². The van der Waals surface area contributed by atoms with Crippen molar-refractivity contribution in [2.45, 2.75) is 57.8 Å². The first-order valence-electron chi connectivity index (χ1n) is 11.7. The van der Waals surface area contributed by atoms with Crippen molar-refractivity contribution in [2.75, 3.05) is 18.0 Å². The van der Waals surface area contributed by atoms with E-state index in [0.717, 1.165) is 0 Å². The van der Waals surface area contributed by atoms with Gasteiger partial charge in [0.1, 0.15) is 23.3 Å². The zero-order valence-electron chi connectivity index (χ0n) is 20.6. The molecule has 2 aromatic carbocycles. The van der Waals surface area contributed by atoms with Crippen LogP contribution in [0.2, 0.25) is 0 Å². The van der Waals surface area contributed by atoms with Crippen LogP contribution < -0.4 is 15.5 Å². The second-order valence-electron chi connectivity index (χ2n) is 10.1. The number of nitrogens with one attached hydrogen (secondary N) is 2. The van der Waals surface area contributed by atoms with Crippen LogP contribution in [-0.2, 0) is 19.8 Å². The van der Waals surface area contributed by atoms with Gasteiger partial charge in [0.2, 0.25) is 5.91 Å². The molecule has 0 aromatic heterocycles. The van der Waals surface area contributed by atoms with Crippen molar-refractivity contribution in [1.29, 1.82) is 0 Å². The van der Waals surface area contributed by atoms with E-state index in [0.29, 0.717) is 29.7 Å². The van der Waals surface area contributed by atoms with Crippen molar-refractivity contribution in [3.8, 4) is 11.1 Å². The summed E-state index contributed by atoms with van der Waals surface area (Å²) in [5.74, 6) is -1.44. The van der Waals surface area contributed by atoms with Gasteiger partial charge in [-0.3, -0.25) is 9.69 Å². The average molecular weight is 502 g/mol. The molecule has 192 valence electrons. The third kappa shape index (κ3) is 5.58. The summed E-state index contributed by atoms with van der Waals surface area (Å²) in [5, 5.41) is 5.35. The molecule has 8 nitrogen and oxygen atoms in total. The lowest BCUT2D eigenvalue weighted by atomic mass is 9.98. The van der Waals surface area contributed by atoms with E-state index < -0.39 is 41.1 Å². The largest absolute Gasteiger partial charge is 0.444 e. The Morgan fingerprint density at radius 1 is 1.14 bits per heavy atom. The molecule has 0 radical (unpaired) electrons. The number of ether oxygens (including phenoxy) is 2. The molecule has 1 saturated heterocycles. The average Bonchev–Trinajstić information content (AvgIpc) is 3.43. The van der Waals surface area contributed by atoms with Crippen LogP contribution in [0.4, 0.5) is 24.1 Å². The highest BCUT2D eigenvalue weighted by atomic mass is 19.1. The third-order valence-electron chi connectivity index (χ3n) is 6.00. The van der Waals surface area contributed by atoms with Gasteiger partial charge in [0.25, 0.3) is 0 Å². The monoisotopic (exact) mass is 501 g/mol. The lowest BCUT2D eigenvalue weighted by Crippen LogP contribution is -2.39.